The van der Waals surface area contributed by atoms with Gasteiger partial charge < -0.3 is 15.4 Å². The van der Waals surface area contributed by atoms with Gasteiger partial charge in [-0.05, 0) is 35.9 Å². The van der Waals surface area contributed by atoms with Gasteiger partial charge in [0.2, 0.25) is 11.8 Å². The van der Waals surface area contributed by atoms with Crippen molar-refractivity contribution in [3.05, 3.63) is 63.9 Å². The van der Waals surface area contributed by atoms with Crippen LogP contribution in [0.1, 0.15) is 16.8 Å². The van der Waals surface area contributed by atoms with Crippen molar-refractivity contribution in [1.82, 2.24) is 15.0 Å². The Morgan fingerprint density at radius 3 is 2.70 bits per heavy atom. The van der Waals surface area contributed by atoms with Gasteiger partial charge >= 0.3 is 0 Å². The Balaban J connectivity index is 0.00000131. The third-order valence-corrected chi connectivity index (χ3v) is 4.34. The highest BCUT2D eigenvalue weighted by molar-refractivity contribution is 9.10. The van der Waals surface area contributed by atoms with Crippen LogP contribution in [-0.4, -0.2) is 26.3 Å². The van der Waals surface area contributed by atoms with Crippen LogP contribution in [0.15, 0.2) is 52.1 Å². The Morgan fingerprint density at radius 1 is 1.15 bits per heavy atom. The molecule has 0 saturated heterocycles. The van der Waals surface area contributed by atoms with Crippen LogP contribution in [0.25, 0.3) is 11.6 Å². The summed E-state index contributed by atoms with van der Waals surface area (Å²) in [5.74, 6) is 1.13. The molecule has 9 heteroatoms. The fraction of sp³-hybridized carbons (Fsp3) is 0.0556. The molecule has 140 valence electrons. The van der Waals surface area contributed by atoms with Gasteiger partial charge in [-0.15, -0.1) is 24.8 Å². The topological polar surface area (TPSA) is 86.2 Å². The number of aliphatic imine (C=N–C) groups is 1. The third kappa shape index (κ3) is 4.68. The van der Waals surface area contributed by atoms with Crippen LogP contribution in [0.3, 0.4) is 0 Å². The normalized spacial score (nSPS) is 13.0. The Kier molecular flexibility index (Phi) is 7.01. The number of nitrogens with zero attached hydrogens (tertiary/aromatic N) is 3. The molecule has 0 amide bonds. The molecule has 3 aromatic rings. The molecular weight excluding hydrogens is 453 g/mol. The van der Waals surface area contributed by atoms with Gasteiger partial charge in [0, 0.05) is 34.6 Å². The van der Waals surface area contributed by atoms with Crippen molar-refractivity contribution < 1.29 is 5.11 Å². The molecule has 3 heterocycles. The second-order valence-corrected chi connectivity index (χ2v) is 6.45. The summed E-state index contributed by atoms with van der Waals surface area (Å²) in [6, 6.07) is 11.8. The van der Waals surface area contributed by atoms with E-state index in [-0.39, 0.29) is 30.7 Å². The molecule has 0 fully saturated rings. The number of hydrogen-bond acceptors (Lipinski definition) is 5. The highest BCUT2D eigenvalue weighted by atomic mass is 79.9. The number of aromatic amines is 1. The minimum Gasteiger partial charge on any atom is -0.492 e. The van der Waals surface area contributed by atoms with Crippen molar-refractivity contribution in [1.29, 1.82) is 0 Å². The van der Waals surface area contributed by atoms with Crippen molar-refractivity contribution >= 4 is 70.4 Å². The summed E-state index contributed by atoms with van der Waals surface area (Å²) >= 11 is 3.41. The first-order valence-electron chi connectivity index (χ1n) is 7.67. The summed E-state index contributed by atoms with van der Waals surface area (Å²) < 4.78 is 1.04. The van der Waals surface area contributed by atoms with E-state index in [1.807, 2.05) is 42.5 Å². The first kappa shape index (κ1) is 21.0. The lowest BCUT2D eigenvalue weighted by Gasteiger charge is -2.02. The number of anilines is 1. The lowest BCUT2D eigenvalue weighted by molar-refractivity contribution is 0.455. The molecule has 6 nitrogen and oxygen atoms in total. The lowest BCUT2D eigenvalue weighted by atomic mass is 10.1. The average molecular weight is 469 g/mol. The van der Waals surface area contributed by atoms with Crippen molar-refractivity contribution in [3.63, 3.8) is 0 Å². The molecule has 1 aliphatic heterocycles. The number of aromatic hydroxyl groups is 1. The molecule has 27 heavy (non-hydrogen) atoms. The molecule has 1 aromatic carbocycles. The fourth-order valence-corrected chi connectivity index (χ4v) is 2.81. The Bertz CT molecular complexity index is 986. The number of hydrogen-bond donors (Lipinski definition) is 3. The van der Waals surface area contributed by atoms with Crippen LogP contribution in [0.4, 0.5) is 11.8 Å². The summed E-state index contributed by atoms with van der Waals surface area (Å²) in [5, 5.41) is 13.2. The maximum absolute atomic E-state index is 10.1. The third-order valence-electron chi connectivity index (χ3n) is 3.81. The predicted molar refractivity (Wildman–Crippen MR) is 116 cm³/mol. The largest absolute Gasteiger partial charge is 0.492 e. The van der Waals surface area contributed by atoms with Gasteiger partial charge in [-0.2, -0.15) is 4.98 Å². The van der Waals surface area contributed by atoms with Crippen molar-refractivity contribution in [2.75, 3.05) is 5.32 Å². The first-order chi connectivity index (χ1) is 12.2. The van der Waals surface area contributed by atoms with E-state index in [1.54, 1.807) is 12.4 Å². The maximum atomic E-state index is 10.1. The molecule has 0 saturated carbocycles. The van der Waals surface area contributed by atoms with Gasteiger partial charge in [-0.3, -0.25) is 0 Å². The number of H-pyrrole nitrogens is 1. The highest BCUT2D eigenvalue weighted by Gasteiger charge is 2.14. The van der Waals surface area contributed by atoms with E-state index in [0.717, 1.165) is 21.2 Å². The van der Waals surface area contributed by atoms with Gasteiger partial charge in [0.25, 0.3) is 0 Å². The van der Waals surface area contributed by atoms with E-state index in [4.69, 9.17) is 0 Å². The van der Waals surface area contributed by atoms with E-state index in [0.29, 0.717) is 24.0 Å². The van der Waals surface area contributed by atoms with Gasteiger partial charge in [-0.1, -0.05) is 28.1 Å². The molecular formula is C18H16BrCl2N5O. The van der Waals surface area contributed by atoms with Gasteiger partial charge in [0.15, 0.2) is 5.82 Å². The predicted octanol–water partition coefficient (Wildman–Crippen LogP) is 4.99. The number of nitrogens with one attached hydrogen (secondary N) is 2. The van der Waals surface area contributed by atoms with Crippen LogP contribution in [0.2, 0.25) is 0 Å². The van der Waals surface area contributed by atoms with Crippen molar-refractivity contribution in [2.45, 2.75) is 6.54 Å². The van der Waals surface area contributed by atoms with Crippen LogP contribution in [-0.2, 0) is 6.54 Å². The zero-order valence-electron chi connectivity index (χ0n) is 13.9. The molecule has 0 aliphatic carbocycles. The minimum absolute atomic E-state index is 0. The van der Waals surface area contributed by atoms with Gasteiger partial charge in [-0.25, -0.2) is 9.98 Å². The number of fused-ring (bicyclic) bond motifs is 1. The Hall–Kier alpha value is -2.35. The monoisotopic (exact) mass is 467 g/mol. The Labute approximate surface area is 176 Å². The van der Waals surface area contributed by atoms with Gasteiger partial charge in [0.05, 0.1) is 0 Å². The van der Waals surface area contributed by atoms with E-state index < -0.39 is 0 Å². The molecule has 0 bridgehead atoms. The van der Waals surface area contributed by atoms with E-state index in [1.165, 1.54) is 0 Å². The van der Waals surface area contributed by atoms with Crippen LogP contribution in [0.5, 0.6) is 5.88 Å². The number of benzene rings is 1. The lowest BCUT2D eigenvalue weighted by Crippen LogP contribution is -2.00. The minimum atomic E-state index is -0.0588. The Morgan fingerprint density at radius 2 is 1.93 bits per heavy atom. The smallest absolute Gasteiger partial charge is 0.238 e. The average Bonchev–Trinajstić information content (AvgIpc) is 3.19. The second-order valence-electron chi connectivity index (χ2n) is 5.54. The number of aromatic nitrogens is 3. The molecule has 0 radical (unpaired) electrons. The number of rotatable bonds is 4. The number of halogens is 3. The summed E-state index contributed by atoms with van der Waals surface area (Å²) in [6.45, 7) is 0.602. The molecule has 0 atom stereocenters. The van der Waals surface area contributed by atoms with Crippen molar-refractivity contribution in [3.8, 4) is 5.88 Å². The summed E-state index contributed by atoms with van der Waals surface area (Å²) in [5.41, 5.74) is 3.45. The van der Waals surface area contributed by atoms with E-state index in [2.05, 4.69) is 41.2 Å². The zero-order chi connectivity index (χ0) is 17.2. The first-order valence-corrected chi connectivity index (χ1v) is 8.47. The molecule has 1 aliphatic rings. The maximum Gasteiger partial charge on any atom is 0.238 e. The second kappa shape index (κ2) is 9.03. The van der Waals surface area contributed by atoms with Gasteiger partial charge in [0.1, 0.15) is 5.69 Å². The molecule has 0 unspecified atom stereocenters. The molecule has 2 aromatic heterocycles. The van der Waals surface area contributed by atoms with Crippen LogP contribution in [0, 0.1) is 0 Å². The zero-order valence-corrected chi connectivity index (χ0v) is 17.1. The fourth-order valence-electron chi connectivity index (χ4n) is 2.55. The number of imidazole rings is 1. The molecule has 0 spiro atoms. The van der Waals surface area contributed by atoms with Crippen LogP contribution >= 0.6 is 40.7 Å². The quantitative estimate of drug-likeness (QED) is 0.503. The van der Waals surface area contributed by atoms with E-state index in [9.17, 15) is 5.11 Å². The summed E-state index contributed by atoms with van der Waals surface area (Å²) in [7, 11) is 0. The van der Waals surface area contributed by atoms with E-state index >= 15 is 0 Å². The molecule has 4 rings (SSSR count). The SMILES string of the molecule is Cl.Cl.Oc1nc(NCc2ccc(Br)cc2)[nH]c1/C=C1\C=Nc2ncccc21. The standard InChI is InChI=1S/C18H14BrN5O.2ClH/c19-13-5-3-11(4-6-13)9-22-18-23-15(17(25)24-18)8-12-10-21-16-14(12)2-1-7-20-16;;/h1-8,10,25H,9H2,(H2,22,23,24);2*1H/b12-8+;;. The van der Waals surface area contributed by atoms with Crippen LogP contribution < -0.4 is 5.32 Å². The highest BCUT2D eigenvalue weighted by Crippen LogP contribution is 2.31. The number of allylic oxidation sites excluding steroid dienone is 1. The summed E-state index contributed by atoms with van der Waals surface area (Å²) in [6.07, 6.45) is 5.24. The summed E-state index contributed by atoms with van der Waals surface area (Å²) in [4.78, 5) is 15.7. The van der Waals surface area contributed by atoms with Crippen molar-refractivity contribution in [2.24, 2.45) is 4.99 Å². The molecule has 3 N–H and O–H groups in total. The number of pyridine rings is 1.